The van der Waals surface area contributed by atoms with Crippen molar-refractivity contribution in [2.75, 3.05) is 19.4 Å². The Bertz CT molecular complexity index is 1290. The third-order valence-electron chi connectivity index (χ3n) is 5.28. The van der Waals surface area contributed by atoms with Crippen LogP contribution in [0.15, 0.2) is 64.7 Å². The molecular weight excluding hydrogens is 408 g/mol. The van der Waals surface area contributed by atoms with E-state index in [4.69, 9.17) is 10.5 Å². The van der Waals surface area contributed by atoms with Crippen molar-refractivity contribution in [3.63, 3.8) is 0 Å². The zero-order valence-corrected chi connectivity index (χ0v) is 18.8. The highest BCUT2D eigenvalue weighted by molar-refractivity contribution is 7.98. The van der Waals surface area contributed by atoms with Gasteiger partial charge >= 0.3 is 0 Å². The Morgan fingerprint density at radius 1 is 1.06 bits per heavy atom. The molecule has 4 aromatic rings. The Kier molecular flexibility index (Phi) is 6.15. The molecule has 0 unspecified atom stereocenters. The minimum atomic E-state index is -0.0249. The first-order valence-corrected chi connectivity index (χ1v) is 11.5. The molecule has 2 aromatic carbocycles. The normalized spacial score (nSPS) is 11.2. The van der Waals surface area contributed by atoms with E-state index in [1.165, 1.54) is 0 Å². The fraction of sp³-hybridized carbons (Fsp3) is 0.250. The van der Waals surface area contributed by atoms with Crippen molar-refractivity contribution in [1.29, 1.82) is 0 Å². The molecule has 0 bridgehead atoms. The van der Waals surface area contributed by atoms with Crippen molar-refractivity contribution in [2.45, 2.75) is 18.4 Å². The van der Waals surface area contributed by atoms with Crippen molar-refractivity contribution in [3.8, 4) is 28.0 Å². The SMILES string of the molecule is CCOc1ccc(SC)cc1-c1cn(C)c(=O)c2ccc(-c3cnn(CCN)c3)cc12. The maximum absolute atomic E-state index is 12.9. The maximum atomic E-state index is 12.9. The summed E-state index contributed by atoms with van der Waals surface area (Å²) in [5, 5.41) is 5.95. The number of rotatable bonds is 7. The van der Waals surface area contributed by atoms with Gasteiger partial charge < -0.3 is 15.0 Å². The number of thioether (sulfide) groups is 1. The molecule has 0 saturated heterocycles. The molecule has 0 aliphatic heterocycles. The molecule has 2 N–H and O–H groups in total. The number of benzene rings is 2. The first-order chi connectivity index (χ1) is 15.0. The summed E-state index contributed by atoms with van der Waals surface area (Å²) in [7, 11) is 1.79. The third-order valence-corrected chi connectivity index (χ3v) is 6.01. The maximum Gasteiger partial charge on any atom is 0.258 e. The molecule has 6 nitrogen and oxygen atoms in total. The van der Waals surface area contributed by atoms with Gasteiger partial charge in [-0.2, -0.15) is 5.10 Å². The average molecular weight is 435 g/mol. The average Bonchev–Trinajstić information content (AvgIpc) is 3.25. The van der Waals surface area contributed by atoms with E-state index in [2.05, 4.69) is 29.6 Å². The number of pyridine rings is 1. The van der Waals surface area contributed by atoms with Gasteiger partial charge in [0.05, 0.1) is 19.3 Å². The van der Waals surface area contributed by atoms with Crippen LogP contribution in [0, 0.1) is 0 Å². The third kappa shape index (κ3) is 4.11. The predicted octanol–water partition coefficient (Wildman–Crippen LogP) is 4.15. The Morgan fingerprint density at radius 2 is 1.90 bits per heavy atom. The number of nitrogens with two attached hydrogens (primary N) is 1. The molecule has 7 heteroatoms. The molecule has 0 aliphatic rings. The van der Waals surface area contributed by atoms with Gasteiger partial charge in [0.25, 0.3) is 5.56 Å². The number of hydrogen-bond acceptors (Lipinski definition) is 5. The van der Waals surface area contributed by atoms with Gasteiger partial charge in [0, 0.05) is 53.0 Å². The first kappa shape index (κ1) is 21.2. The molecule has 2 heterocycles. The van der Waals surface area contributed by atoms with Crippen LogP contribution >= 0.6 is 11.8 Å². The van der Waals surface area contributed by atoms with Crippen LogP contribution in [-0.4, -0.2) is 33.8 Å². The van der Waals surface area contributed by atoms with Crippen molar-refractivity contribution in [2.24, 2.45) is 12.8 Å². The van der Waals surface area contributed by atoms with Gasteiger partial charge in [-0.05, 0) is 54.5 Å². The molecule has 160 valence electrons. The molecule has 0 radical (unpaired) electrons. The van der Waals surface area contributed by atoms with Crippen LogP contribution in [0.4, 0.5) is 0 Å². The van der Waals surface area contributed by atoms with Gasteiger partial charge in [-0.3, -0.25) is 9.48 Å². The van der Waals surface area contributed by atoms with Crippen LogP contribution in [-0.2, 0) is 13.6 Å². The first-order valence-electron chi connectivity index (χ1n) is 10.2. The van der Waals surface area contributed by atoms with E-state index in [0.29, 0.717) is 25.1 Å². The molecule has 0 saturated carbocycles. The lowest BCUT2D eigenvalue weighted by Gasteiger charge is -2.15. The fourth-order valence-electron chi connectivity index (χ4n) is 3.75. The number of hydrogen-bond donors (Lipinski definition) is 1. The lowest BCUT2D eigenvalue weighted by molar-refractivity contribution is 0.341. The number of nitrogens with zero attached hydrogens (tertiary/aromatic N) is 3. The van der Waals surface area contributed by atoms with E-state index in [-0.39, 0.29) is 5.56 Å². The predicted molar refractivity (Wildman–Crippen MR) is 128 cm³/mol. The van der Waals surface area contributed by atoms with Crippen LogP contribution in [0.5, 0.6) is 5.75 Å². The standard InChI is InChI=1S/C24H26N4O2S/c1-4-30-23-8-6-18(31-3)12-21(23)22-15-27(2)24(29)19-7-5-16(11-20(19)22)17-13-26-28(14-17)10-9-25/h5-8,11-15H,4,9-10,25H2,1-3H3. The Balaban J connectivity index is 1.97. The summed E-state index contributed by atoms with van der Waals surface area (Å²) in [6.07, 6.45) is 7.76. The topological polar surface area (TPSA) is 75.1 Å². The number of fused-ring (bicyclic) bond motifs is 1. The smallest absolute Gasteiger partial charge is 0.258 e. The monoisotopic (exact) mass is 434 g/mol. The second kappa shape index (κ2) is 8.99. The van der Waals surface area contributed by atoms with Gasteiger partial charge in [0.15, 0.2) is 0 Å². The fourth-order valence-corrected chi connectivity index (χ4v) is 4.19. The lowest BCUT2D eigenvalue weighted by atomic mass is 9.97. The quantitative estimate of drug-likeness (QED) is 0.442. The van der Waals surface area contributed by atoms with Crippen molar-refractivity contribution < 1.29 is 4.74 Å². The highest BCUT2D eigenvalue weighted by Crippen LogP contribution is 2.38. The minimum Gasteiger partial charge on any atom is -0.493 e. The summed E-state index contributed by atoms with van der Waals surface area (Å²) in [6, 6.07) is 12.1. The molecule has 4 rings (SSSR count). The van der Waals surface area contributed by atoms with Gasteiger partial charge in [0.2, 0.25) is 0 Å². The molecule has 0 fully saturated rings. The molecular formula is C24H26N4O2S. The second-order valence-corrected chi connectivity index (χ2v) is 8.17. The van der Waals surface area contributed by atoms with Crippen LogP contribution in [0.2, 0.25) is 0 Å². The van der Waals surface area contributed by atoms with E-state index in [9.17, 15) is 4.79 Å². The number of ether oxygens (including phenoxy) is 1. The summed E-state index contributed by atoms with van der Waals surface area (Å²) in [6.45, 7) is 3.74. The zero-order chi connectivity index (χ0) is 22.0. The lowest BCUT2D eigenvalue weighted by Crippen LogP contribution is -2.16. The number of aryl methyl sites for hydroxylation is 1. The van der Waals surface area contributed by atoms with Gasteiger partial charge in [0.1, 0.15) is 5.75 Å². The van der Waals surface area contributed by atoms with Gasteiger partial charge in [-0.1, -0.05) is 6.07 Å². The molecule has 2 aromatic heterocycles. The zero-order valence-electron chi connectivity index (χ0n) is 18.0. The van der Waals surface area contributed by atoms with Crippen molar-refractivity contribution >= 4 is 22.5 Å². The Labute approximate surface area is 185 Å². The number of aromatic nitrogens is 3. The van der Waals surface area contributed by atoms with E-state index < -0.39 is 0 Å². The second-order valence-electron chi connectivity index (χ2n) is 7.30. The molecule has 0 aliphatic carbocycles. The van der Waals surface area contributed by atoms with Crippen LogP contribution in [0.1, 0.15) is 6.92 Å². The molecule has 0 amide bonds. The van der Waals surface area contributed by atoms with Crippen molar-refractivity contribution in [3.05, 3.63) is 65.3 Å². The minimum absolute atomic E-state index is 0.0249. The summed E-state index contributed by atoms with van der Waals surface area (Å²) in [4.78, 5) is 14.0. The summed E-state index contributed by atoms with van der Waals surface area (Å²) < 4.78 is 9.40. The highest BCUT2D eigenvalue weighted by atomic mass is 32.2. The summed E-state index contributed by atoms with van der Waals surface area (Å²) in [5.74, 6) is 0.807. The van der Waals surface area contributed by atoms with Gasteiger partial charge in [-0.25, -0.2) is 0 Å². The van der Waals surface area contributed by atoms with Crippen molar-refractivity contribution in [1.82, 2.24) is 14.3 Å². The van der Waals surface area contributed by atoms with E-state index in [1.807, 2.05) is 48.4 Å². The van der Waals surface area contributed by atoms with E-state index in [1.54, 1.807) is 23.4 Å². The van der Waals surface area contributed by atoms with E-state index in [0.717, 1.165) is 38.3 Å². The summed E-state index contributed by atoms with van der Waals surface area (Å²) >= 11 is 1.68. The Morgan fingerprint density at radius 3 is 2.65 bits per heavy atom. The highest BCUT2D eigenvalue weighted by Gasteiger charge is 2.15. The molecule has 0 spiro atoms. The van der Waals surface area contributed by atoms with Crippen LogP contribution < -0.4 is 16.0 Å². The molecule has 31 heavy (non-hydrogen) atoms. The largest absolute Gasteiger partial charge is 0.493 e. The van der Waals surface area contributed by atoms with Crippen LogP contribution in [0.3, 0.4) is 0 Å². The van der Waals surface area contributed by atoms with Crippen LogP contribution in [0.25, 0.3) is 33.0 Å². The Hall–Kier alpha value is -3.03. The summed E-state index contributed by atoms with van der Waals surface area (Å²) in [5.41, 5.74) is 9.56. The van der Waals surface area contributed by atoms with E-state index >= 15 is 0 Å². The van der Waals surface area contributed by atoms with Gasteiger partial charge in [-0.15, -0.1) is 11.8 Å². The molecule has 0 atom stereocenters.